The number of nitro benzene ring substituents is 1. The average Bonchev–Trinajstić information content (AvgIpc) is 2.27. The summed E-state index contributed by atoms with van der Waals surface area (Å²) in [6.45, 7) is 1.70. The van der Waals surface area contributed by atoms with Crippen molar-refractivity contribution in [3.05, 3.63) is 31.2 Å². The zero-order valence-electron chi connectivity index (χ0n) is 9.31. The molecule has 0 heterocycles. The Kier molecular flexibility index (Phi) is 5.54. The van der Waals surface area contributed by atoms with Gasteiger partial charge in [-0.05, 0) is 38.8 Å². The maximum atomic E-state index is 11.1. The van der Waals surface area contributed by atoms with Crippen LogP contribution in [0.5, 0.6) is 5.75 Å². The van der Waals surface area contributed by atoms with Gasteiger partial charge in [-0.2, -0.15) is 0 Å². The molecular formula is C10H9Br2NO5. The van der Waals surface area contributed by atoms with Crippen molar-refractivity contribution in [3.63, 3.8) is 0 Å². The molecule has 0 unspecified atom stereocenters. The lowest BCUT2D eigenvalue weighted by molar-refractivity contribution is -0.385. The van der Waals surface area contributed by atoms with Crippen molar-refractivity contribution in [1.29, 1.82) is 0 Å². The fraction of sp³-hybridized carbons (Fsp3) is 0.300. The van der Waals surface area contributed by atoms with Crippen LogP contribution in [-0.4, -0.2) is 24.1 Å². The highest BCUT2D eigenvalue weighted by Gasteiger charge is 2.16. The summed E-state index contributed by atoms with van der Waals surface area (Å²) in [6.07, 6.45) is 0. The van der Waals surface area contributed by atoms with E-state index in [1.54, 1.807) is 6.92 Å². The number of benzene rings is 1. The highest BCUT2D eigenvalue weighted by molar-refractivity contribution is 9.11. The molecule has 1 aromatic carbocycles. The van der Waals surface area contributed by atoms with Crippen LogP contribution >= 0.6 is 31.9 Å². The van der Waals surface area contributed by atoms with Gasteiger partial charge < -0.3 is 9.47 Å². The van der Waals surface area contributed by atoms with Gasteiger partial charge in [0.2, 0.25) is 0 Å². The number of hydrogen-bond acceptors (Lipinski definition) is 5. The van der Waals surface area contributed by atoms with Gasteiger partial charge in [0, 0.05) is 12.1 Å². The molecule has 0 bridgehead atoms. The minimum atomic E-state index is -0.523. The van der Waals surface area contributed by atoms with Gasteiger partial charge in [-0.1, -0.05) is 0 Å². The van der Waals surface area contributed by atoms with E-state index in [1.807, 2.05) is 0 Å². The molecule has 0 N–H and O–H groups in total. The first kappa shape index (κ1) is 14.9. The van der Waals surface area contributed by atoms with Gasteiger partial charge in [0.15, 0.2) is 6.61 Å². The van der Waals surface area contributed by atoms with Crippen LogP contribution in [0, 0.1) is 10.1 Å². The van der Waals surface area contributed by atoms with Gasteiger partial charge in [0.25, 0.3) is 5.69 Å². The number of rotatable bonds is 5. The minimum absolute atomic E-state index is 0.0859. The summed E-state index contributed by atoms with van der Waals surface area (Å²) in [4.78, 5) is 21.2. The van der Waals surface area contributed by atoms with Gasteiger partial charge in [-0.15, -0.1) is 0 Å². The zero-order valence-corrected chi connectivity index (χ0v) is 12.5. The maximum Gasteiger partial charge on any atom is 0.344 e. The molecule has 6 nitrogen and oxygen atoms in total. The fourth-order valence-corrected chi connectivity index (χ4v) is 2.51. The third-order valence-electron chi connectivity index (χ3n) is 1.83. The lowest BCUT2D eigenvalue weighted by atomic mass is 10.3. The summed E-state index contributed by atoms with van der Waals surface area (Å²) in [5, 5.41) is 10.6. The highest BCUT2D eigenvalue weighted by Crippen LogP contribution is 2.37. The second kappa shape index (κ2) is 6.69. The van der Waals surface area contributed by atoms with Gasteiger partial charge in [-0.25, -0.2) is 4.79 Å². The second-order valence-electron chi connectivity index (χ2n) is 3.09. The van der Waals surface area contributed by atoms with Crippen LogP contribution in [0.25, 0.3) is 0 Å². The minimum Gasteiger partial charge on any atom is -0.480 e. The molecule has 0 fully saturated rings. The molecule has 18 heavy (non-hydrogen) atoms. The van der Waals surface area contributed by atoms with Crippen LogP contribution < -0.4 is 4.74 Å². The van der Waals surface area contributed by atoms with Gasteiger partial charge in [0.05, 0.1) is 20.5 Å². The van der Waals surface area contributed by atoms with E-state index in [0.717, 1.165) is 0 Å². The number of halogens is 2. The van der Waals surface area contributed by atoms with Gasteiger partial charge >= 0.3 is 5.97 Å². The molecule has 98 valence electrons. The van der Waals surface area contributed by atoms with Crippen LogP contribution in [0.4, 0.5) is 5.69 Å². The van der Waals surface area contributed by atoms with Gasteiger partial charge in [0.1, 0.15) is 5.75 Å². The molecule has 0 aliphatic rings. The van der Waals surface area contributed by atoms with Crippen LogP contribution in [0.1, 0.15) is 6.92 Å². The summed E-state index contributed by atoms with van der Waals surface area (Å²) >= 11 is 6.29. The summed E-state index contributed by atoms with van der Waals surface area (Å²) in [7, 11) is 0. The normalized spacial score (nSPS) is 9.94. The van der Waals surface area contributed by atoms with Crippen molar-refractivity contribution in [2.75, 3.05) is 13.2 Å². The third-order valence-corrected chi connectivity index (χ3v) is 3.01. The molecule has 0 aromatic heterocycles. The van der Waals surface area contributed by atoms with E-state index < -0.39 is 10.9 Å². The lowest BCUT2D eigenvalue weighted by Gasteiger charge is -2.09. The van der Waals surface area contributed by atoms with Crippen molar-refractivity contribution in [2.45, 2.75) is 6.92 Å². The van der Waals surface area contributed by atoms with E-state index >= 15 is 0 Å². The maximum absolute atomic E-state index is 11.1. The Hall–Kier alpha value is -1.15. The number of carbonyl (C=O) groups excluding carboxylic acids is 1. The van der Waals surface area contributed by atoms with E-state index in [-0.39, 0.29) is 18.9 Å². The van der Waals surface area contributed by atoms with E-state index in [9.17, 15) is 14.9 Å². The van der Waals surface area contributed by atoms with E-state index in [2.05, 4.69) is 31.9 Å². The number of nitrogens with zero attached hydrogens (tertiary/aromatic N) is 1. The number of carbonyl (C=O) groups is 1. The van der Waals surface area contributed by atoms with E-state index in [4.69, 9.17) is 9.47 Å². The molecule has 0 atom stereocenters. The van der Waals surface area contributed by atoms with Gasteiger partial charge in [-0.3, -0.25) is 10.1 Å². The van der Waals surface area contributed by atoms with Crippen molar-refractivity contribution >= 4 is 43.5 Å². The first-order chi connectivity index (χ1) is 8.45. The molecular weight excluding hydrogens is 374 g/mol. The SMILES string of the molecule is CCOC(=O)COc1c(Br)cc([N+](=O)[O-])cc1Br. The monoisotopic (exact) mass is 381 g/mol. The Morgan fingerprint density at radius 3 is 2.39 bits per heavy atom. The molecule has 0 amide bonds. The predicted molar refractivity (Wildman–Crippen MR) is 70.6 cm³/mol. The molecule has 0 spiro atoms. The summed E-state index contributed by atoms with van der Waals surface area (Å²) in [5.74, 6) is -0.191. The molecule has 0 radical (unpaired) electrons. The summed E-state index contributed by atoms with van der Waals surface area (Å²) in [6, 6.07) is 2.59. The van der Waals surface area contributed by atoms with Crippen LogP contribution in [0.15, 0.2) is 21.1 Å². The average molecular weight is 383 g/mol. The topological polar surface area (TPSA) is 78.7 Å². The number of esters is 1. The first-order valence-electron chi connectivity index (χ1n) is 4.87. The summed E-state index contributed by atoms with van der Waals surface area (Å²) < 4.78 is 10.7. The lowest BCUT2D eigenvalue weighted by Crippen LogP contribution is -2.15. The Balaban J connectivity index is 2.84. The highest BCUT2D eigenvalue weighted by atomic mass is 79.9. The molecule has 0 saturated heterocycles. The molecule has 0 aliphatic heterocycles. The number of hydrogen-bond donors (Lipinski definition) is 0. The van der Waals surface area contributed by atoms with Crippen molar-refractivity contribution in [3.8, 4) is 5.75 Å². The Labute approximate surface area is 120 Å². The largest absolute Gasteiger partial charge is 0.480 e. The molecule has 0 saturated carbocycles. The zero-order chi connectivity index (χ0) is 13.7. The molecule has 0 aliphatic carbocycles. The fourth-order valence-electron chi connectivity index (χ4n) is 1.12. The quantitative estimate of drug-likeness (QED) is 0.444. The Morgan fingerprint density at radius 2 is 1.94 bits per heavy atom. The van der Waals surface area contributed by atoms with Crippen LogP contribution in [0.3, 0.4) is 0 Å². The van der Waals surface area contributed by atoms with Crippen molar-refractivity contribution in [2.24, 2.45) is 0 Å². The summed E-state index contributed by atoms with van der Waals surface area (Å²) in [5.41, 5.74) is -0.0859. The van der Waals surface area contributed by atoms with Crippen molar-refractivity contribution < 1.29 is 19.2 Å². The first-order valence-corrected chi connectivity index (χ1v) is 6.46. The number of ether oxygens (including phenoxy) is 2. The predicted octanol–water partition coefficient (Wildman–Crippen LogP) is 3.06. The van der Waals surface area contributed by atoms with Crippen LogP contribution in [-0.2, 0) is 9.53 Å². The Morgan fingerprint density at radius 1 is 1.39 bits per heavy atom. The Bertz CT molecular complexity index is 454. The van der Waals surface area contributed by atoms with Crippen LogP contribution in [0.2, 0.25) is 0 Å². The smallest absolute Gasteiger partial charge is 0.344 e. The van der Waals surface area contributed by atoms with E-state index in [0.29, 0.717) is 14.7 Å². The standard InChI is InChI=1S/C10H9Br2NO5/c1-2-17-9(14)5-18-10-7(11)3-6(13(15)16)4-8(10)12/h3-4H,2,5H2,1H3. The molecule has 8 heteroatoms. The number of nitro groups is 1. The molecule has 1 aromatic rings. The third kappa shape index (κ3) is 3.95. The molecule has 1 rings (SSSR count). The second-order valence-corrected chi connectivity index (χ2v) is 4.80. The van der Waals surface area contributed by atoms with E-state index in [1.165, 1.54) is 12.1 Å². The van der Waals surface area contributed by atoms with Crippen molar-refractivity contribution in [1.82, 2.24) is 0 Å². The number of non-ortho nitro benzene ring substituents is 1.